The number of ether oxygens (including phenoxy) is 1. The van der Waals surface area contributed by atoms with Gasteiger partial charge in [0.25, 0.3) is 0 Å². The molecule has 212 valence electrons. The molecule has 0 radical (unpaired) electrons. The maximum atomic E-state index is 12.7. The molecule has 0 fully saturated rings. The van der Waals surface area contributed by atoms with E-state index in [9.17, 15) is 4.57 Å². The van der Waals surface area contributed by atoms with Gasteiger partial charge in [0, 0.05) is 6.66 Å². The Morgan fingerprint density at radius 2 is 1.57 bits per heavy atom. The normalized spacial score (nSPS) is 14.2. The van der Waals surface area contributed by atoms with E-state index in [4.69, 9.17) is 15.0 Å². The second-order valence-electron chi connectivity index (χ2n) is 10.1. The van der Waals surface area contributed by atoms with Crippen molar-refractivity contribution < 1.29 is 13.8 Å². The highest BCUT2D eigenvalue weighted by molar-refractivity contribution is 7.99. The van der Waals surface area contributed by atoms with Gasteiger partial charge in [0.15, 0.2) is 11.5 Å². The zero-order valence-electron chi connectivity index (χ0n) is 23.4. The average Bonchev–Trinajstić information content (AvgIpc) is 3.28. The summed E-state index contributed by atoms with van der Waals surface area (Å²) in [5, 5.41) is 0. The van der Waals surface area contributed by atoms with Gasteiger partial charge < -0.3 is 19.6 Å². The van der Waals surface area contributed by atoms with Gasteiger partial charge in [0.1, 0.15) is 18.2 Å². The van der Waals surface area contributed by atoms with E-state index in [1.54, 1.807) is 13.0 Å². The quantitative estimate of drug-likeness (QED) is 0.111. The summed E-state index contributed by atoms with van der Waals surface area (Å²) in [7, 11) is -2.78. The Labute approximate surface area is 228 Å². The zero-order valence-corrected chi connectivity index (χ0v) is 25.1. The van der Waals surface area contributed by atoms with Gasteiger partial charge in [-0.3, -0.25) is 4.57 Å². The summed E-state index contributed by atoms with van der Waals surface area (Å²) in [6.07, 6.45) is 20.6. The molecular formula is C27H50N5O3PS. The summed E-state index contributed by atoms with van der Waals surface area (Å²) in [5.41, 5.74) is 7.09. The van der Waals surface area contributed by atoms with E-state index in [1.807, 2.05) is 23.3 Å². The van der Waals surface area contributed by atoms with Gasteiger partial charge in [-0.1, -0.05) is 77.6 Å². The van der Waals surface area contributed by atoms with Crippen molar-refractivity contribution in [3.05, 3.63) is 12.7 Å². The largest absolute Gasteiger partial charge is 0.382 e. The number of nitrogens with zero attached hydrogens (tertiary/aromatic N) is 4. The van der Waals surface area contributed by atoms with Crippen LogP contribution in [0, 0.1) is 0 Å². The predicted molar refractivity (Wildman–Crippen MR) is 158 cm³/mol. The highest BCUT2D eigenvalue weighted by atomic mass is 32.2. The number of aromatic nitrogens is 4. The SMILES string of the molecule is CCCCCCCCCCCCCCSCCCOP(C)(=O)CO[C@H](C)Cn1cnc2c(N)ncnc21. The van der Waals surface area contributed by atoms with Gasteiger partial charge in [-0.25, -0.2) is 15.0 Å². The van der Waals surface area contributed by atoms with Gasteiger partial charge in [-0.2, -0.15) is 11.8 Å². The molecule has 2 atom stereocenters. The third kappa shape index (κ3) is 14.0. The molecule has 0 aliphatic carbocycles. The number of rotatable bonds is 23. The lowest BCUT2D eigenvalue weighted by molar-refractivity contribution is 0.0801. The topological polar surface area (TPSA) is 105 Å². The summed E-state index contributed by atoms with van der Waals surface area (Å²) in [6.45, 7) is 6.91. The van der Waals surface area contributed by atoms with E-state index in [1.165, 1.54) is 89.1 Å². The molecule has 0 saturated heterocycles. The second kappa shape index (κ2) is 19.0. The van der Waals surface area contributed by atoms with Crippen LogP contribution in [0.25, 0.3) is 11.2 Å². The van der Waals surface area contributed by atoms with Crippen LogP contribution in [0.1, 0.15) is 97.3 Å². The first kappa shape index (κ1) is 32.1. The second-order valence-corrected chi connectivity index (χ2v) is 13.9. The lowest BCUT2D eigenvalue weighted by atomic mass is 10.1. The van der Waals surface area contributed by atoms with E-state index in [0.717, 1.165) is 12.2 Å². The molecule has 2 N–H and O–H groups in total. The summed E-state index contributed by atoms with van der Waals surface area (Å²) in [4.78, 5) is 12.5. The Kier molecular flexibility index (Phi) is 16.5. The van der Waals surface area contributed by atoms with Crippen LogP contribution in [0.2, 0.25) is 0 Å². The van der Waals surface area contributed by atoms with E-state index < -0.39 is 7.37 Å². The van der Waals surface area contributed by atoms with Crippen molar-refractivity contribution in [3.63, 3.8) is 0 Å². The number of hydrogen-bond donors (Lipinski definition) is 1. The van der Waals surface area contributed by atoms with E-state index in [-0.39, 0.29) is 12.5 Å². The minimum atomic E-state index is -2.78. The number of hydrogen-bond acceptors (Lipinski definition) is 8. The molecule has 2 aromatic rings. The summed E-state index contributed by atoms with van der Waals surface area (Å²) in [6, 6.07) is 0. The van der Waals surface area contributed by atoms with Crippen LogP contribution in [0.3, 0.4) is 0 Å². The monoisotopic (exact) mass is 555 g/mol. The first-order valence-electron chi connectivity index (χ1n) is 14.2. The number of unbranched alkanes of at least 4 members (excludes halogenated alkanes) is 11. The van der Waals surface area contributed by atoms with Crippen LogP contribution in [0.15, 0.2) is 12.7 Å². The molecule has 0 amide bonds. The molecule has 8 nitrogen and oxygen atoms in total. The standard InChI is InChI=1S/C27H50N5O3PS/c1-4-5-6-7-8-9-10-11-12-13-14-15-18-37-19-16-17-35-36(3,33)23-34-24(2)20-32-22-31-25-26(28)29-21-30-27(25)32/h21-22,24H,4-20,23H2,1-3H3,(H2,28,29,30)/t24-,36?/m1/s1. The molecule has 2 heterocycles. The molecule has 0 aliphatic heterocycles. The first-order chi connectivity index (χ1) is 17.9. The molecule has 0 saturated carbocycles. The lowest BCUT2D eigenvalue weighted by Gasteiger charge is -2.18. The number of nitrogen functional groups attached to an aromatic ring is 1. The Bertz CT molecular complexity index is 913. The van der Waals surface area contributed by atoms with Crippen molar-refractivity contribution in [2.45, 2.75) is 110 Å². The minimum absolute atomic E-state index is 0.101. The van der Waals surface area contributed by atoms with Crippen molar-refractivity contribution in [1.29, 1.82) is 0 Å². The van der Waals surface area contributed by atoms with Crippen LogP contribution in [-0.2, 0) is 20.4 Å². The number of nitrogens with two attached hydrogens (primary N) is 1. The summed E-state index contributed by atoms with van der Waals surface area (Å²) in [5.74, 6) is 2.62. The van der Waals surface area contributed by atoms with Crippen LogP contribution >= 0.6 is 19.1 Å². The van der Waals surface area contributed by atoms with Crippen molar-refractivity contribution in [3.8, 4) is 0 Å². The van der Waals surface area contributed by atoms with Crippen molar-refractivity contribution in [1.82, 2.24) is 19.5 Å². The van der Waals surface area contributed by atoms with Gasteiger partial charge in [0.2, 0.25) is 7.37 Å². The molecule has 0 aliphatic rings. The van der Waals surface area contributed by atoms with Gasteiger partial charge in [0.05, 0.1) is 25.6 Å². The third-order valence-corrected chi connectivity index (χ3v) is 8.92. The van der Waals surface area contributed by atoms with E-state index >= 15 is 0 Å². The van der Waals surface area contributed by atoms with Gasteiger partial charge in [-0.15, -0.1) is 0 Å². The Balaban J connectivity index is 1.41. The number of imidazole rings is 1. The van der Waals surface area contributed by atoms with Crippen molar-refractivity contribution in [2.24, 2.45) is 0 Å². The molecule has 1 unspecified atom stereocenters. The maximum Gasteiger partial charge on any atom is 0.225 e. The highest BCUT2D eigenvalue weighted by Crippen LogP contribution is 2.42. The minimum Gasteiger partial charge on any atom is -0.382 e. The fourth-order valence-electron chi connectivity index (χ4n) is 4.23. The first-order valence-corrected chi connectivity index (χ1v) is 17.7. The van der Waals surface area contributed by atoms with Crippen LogP contribution in [-0.4, -0.2) is 56.7 Å². The molecule has 2 aromatic heterocycles. The molecule has 2 rings (SSSR count). The van der Waals surface area contributed by atoms with Crippen LogP contribution < -0.4 is 5.73 Å². The third-order valence-electron chi connectivity index (χ3n) is 6.42. The molecule has 0 aromatic carbocycles. The molecule has 37 heavy (non-hydrogen) atoms. The molecule has 0 spiro atoms. The number of fused-ring (bicyclic) bond motifs is 1. The molecule has 10 heteroatoms. The zero-order chi connectivity index (χ0) is 26.8. The number of anilines is 1. The lowest BCUT2D eigenvalue weighted by Crippen LogP contribution is -2.17. The maximum absolute atomic E-state index is 12.7. The Hall–Kier alpha value is -1.15. The van der Waals surface area contributed by atoms with Gasteiger partial charge in [-0.05, 0) is 31.3 Å². The molecular weight excluding hydrogens is 505 g/mol. The van der Waals surface area contributed by atoms with E-state index in [2.05, 4.69) is 21.9 Å². The number of thioether (sulfide) groups is 1. The average molecular weight is 556 g/mol. The highest BCUT2D eigenvalue weighted by Gasteiger charge is 2.19. The summed E-state index contributed by atoms with van der Waals surface area (Å²) >= 11 is 1.98. The van der Waals surface area contributed by atoms with Crippen molar-refractivity contribution >= 4 is 36.1 Å². The smallest absolute Gasteiger partial charge is 0.225 e. The summed E-state index contributed by atoms with van der Waals surface area (Å²) < 4.78 is 26.1. The van der Waals surface area contributed by atoms with E-state index in [0.29, 0.717) is 30.1 Å². The van der Waals surface area contributed by atoms with Crippen molar-refractivity contribution in [2.75, 3.05) is 36.9 Å². The predicted octanol–water partition coefficient (Wildman–Crippen LogP) is 7.52. The van der Waals surface area contributed by atoms with Crippen LogP contribution in [0.5, 0.6) is 0 Å². The fourth-order valence-corrected chi connectivity index (χ4v) is 6.28. The fraction of sp³-hybridized carbons (Fsp3) is 0.815. The molecule has 0 bridgehead atoms. The van der Waals surface area contributed by atoms with Crippen LogP contribution in [0.4, 0.5) is 5.82 Å². The Morgan fingerprint density at radius 1 is 0.946 bits per heavy atom. The Morgan fingerprint density at radius 3 is 2.24 bits per heavy atom. The van der Waals surface area contributed by atoms with Gasteiger partial charge >= 0.3 is 0 Å².